The summed E-state index contributed by atoms with van der Waals surface area (Å²) in [7, 11) is 1.63. The number of nitrogens with zero attached hydrogens (tertiary/aromatic N) is 3. The molecule has 1 saturated heterocycles. The highest BCUT2D eigenvalue weighted by molar-refractivity contribution is 5.79. The molecule has 10 heteroatoms. The number of hydrogen-bond donors (Lipinski definition) is 2. The molecule has 0 amide bonds. The van der Waals surface area contributed by atoms with Crippen LogP contribution in [0.1, 0.15) is 5.56 Å². The van der Waals surface area contributed by atoms with E-state index in [9.17, 15) is 13.2 Å². The van der Waals surface area contributed by atoms with Gasteiger partial charge in [0.15, 0.2) is 12.6 Å². The first kappa shape index (κ1) is 20.2. The van der Waals surface area contributed by atoms with E-state index >= 15 is 0 Å². The number of guanidine groups is 1. The Bertz CT molecular complexity index is 577. The van der Waals surface area contributed by atoms with Crippen molar-refractivity contribution in [1.29, 1.82) is 0 Å². The van der Waals surface area contributed by atoms with Crippen LogP contribution < -0.4 is 15.4 Å². The van der Waals surface area contributed by atoms with Crippen LogP contribution >= 0.6 is 0 Å². The minimum Gasteiger partial charge on any atom is -0.468 e. The fourth-order valence-electron chi connectivity index (χ4n) is 2.40. The van der Waals surface area contributed by atoms with E-state index < -0.39 is 12.8 Å². The quantitative estimate of drug-likeness (QED) is 0.548. The standard InChI is InChI=1S/C16H24F3N5O2/c1-20-15(22-5-6-24-7-9-25-10-8-24)23-11-13-3-2-4-21-14(13)26-12-16(17,18)19/h2-4H,5-12H2,1H3,(H2,20,22,23). The highest BCUT2D eigenvalue weighted by Crippen LogP contribution is 2.19. The van der Waals surface area contributed by atoms with Crippen molar-refractivity contribution >= 4 is 5.96 Å². The number of alkyl halides is 3. The Hall–Kier alpha value is -2.07. The molecule has 7 nitrogen and oxygen atoms in total. The van der Waals surface area contributed by atoms with Gasteiger partial charge in [0, 0.05) is 51.5 Å². The molecule has 26 heavy (non-hydrogen) atoms. The lowest BCUT2D eigenvalue weighted by atomic mass is 10.2. The predicted octanol–water partition coefficient (Wildman–Crippen LogP) is 1.02. The molecule has 0 radical (unpaired) electrons. The third-order valence-electron chi connectivity index (χ3n) is 3.72. The molecule has 1 aliphatic rings. The maximum atomic E-state index is 12.3. The molecule has 0 unspecified atom stereocenters. The first-order valence-corrected chi connectivity index (χ1v) is 8.36. The summed E-state index contributed by atoms with van der Waals surface area (Å²) in [6.07, 6.45) is -3.01. The summed E-state index contributed by atoms with van der Waals surface area (Å²) in [5, 5.41) is 6.23. The second-order valence-electron chi connectivity index (χ2n) is 5.68. The first-order chi connectivity index (χ1) is 12.5. The van der Waals surface area contributed by atoms with E-state index in [0.29, 0.717) is 18.1 Å². The van der Waals surface area contributed by atoms with E-state index in [1.54, 1.807) is 19.2 Å². The molecular weight excluding hydrogens is 351 g/mol. The predicted molar refractivity (Wildman–Crippen MR) is 91.2 cm³/mol. The first-order valence-electron chi connectivity index (χ1n) is 8.36. The van der Waals surface area contributed by atoms with Gasteiger partial charge in [0.1, 0.15) is 0 Å². The lowest BCUT2D eigenvalue weighted by molar-refractivity contribution is -0.154. The second kappa shape index (κ2) is 10.2. The van der Waals surface area contributed by atoms with E-state index in [2.05, 4.69) is 25.5 Å². The highest BCUT2D eigenvalue weighted by atomic mass is 19.4. The average molecular weight is 375 g/mol. The van der Waals surface area contributed by atoms with E-state index in [1.165, 1.54) is 6.20 Å². The zero-order valence-corrected chi connectivity index (χ0v) is 14.7. The van der Waals surface area contributed by atoms with Crippen LogP contribution in [0, 0.1) is 0 Å². The summed E-state index contributed by atoms with van der Waals surface area (Å²) in [6.45, 7) is 3.73. The van der Waals surface area contributed by atoms with Gasteiger partial charge in [-0.1, -0.05) is 6.07 Å². The van der Waals surface area contributed by atoms with Crippen LogP contribution in [0.25, 0.3) is 0 Å². The summed E-state index contributed by atoms with van der Waals surface area (Å²) in [6, 6.07) is 3.30. The van der Waals surface area contributed by atoms with Gasteiger partial charge in [-0.25, -0.2) is 4.98 Å². The molecule has 2 rings (SSSR count). The van der Waals surface area contributed by atoms with Gasteiger partial charge in [0.25, 0.3) is 0 Å². The molecule has 0 bridgehead atoms. The highest BCUT2D eigenvalue weighted by Gasteiger charge is 2.29. The number of aliphatic imine (C=N–C) groups is 1. The van der Waals surface area contributed by atoms with Gasteiger partial charge in [-0.05, 0) is 6.07 Å². The van der Waals surface area contributed by atoms with Gasteiger partial charge in [0.2, 0.25) is 5.88 Å². The minimum atomic E-state index is -4.40. The molecule has 0 saturated carbocycles. The zero-order chi connectivity index (χ0) is 18.8. The summed E-state index contributed by atoms with van der Waals surface area (Å²) in [4.78, 5) is 10.3. The number of halogens is 3. The largest absolute Gasteiger partial charge is 0.468 e. The molecule has 146 valence electrons. The Balaban J connectivity index is 1.78. The van der Waals surface area contributed by atoms with E-state index in [1.807, 2.05) is 0 Å². The van der Waals surface area contributed by atoms with Crippen LogP contribution in [0.2, 0.25) is 0 Å². The molecule has 0 aliphatic carbocycles. The maximum absolute atomic E-state index is 12.3. The Morgan fingerprint density at radius 3 is 2.81 bits per heavy atom. The fourth-order valence-corrected chi connectivity index (χ4v) is 2.40. The Kier molecular flexibility index (Phi) is 7.92. The third kappa shape index (κ3) is 7.44. The summed E-state index contributed by atoms with van der Waals surface area (Å²) in [5.74, 6) is 0.518. The van der Waals surface area contributed by atoms with Gasteiger partial charge in [-0.3, -0.25) is 9.89 Å². The van der Waals surface area contributed by atoms with E-state index in [4.69, 9.17) is 9.47 Å². The molecule has 1 aromatic heterocycles. The van der Waals surface area contributed by atoms with Crippen molar-refractivity contribution in [3.63, 3.8) is 0 Å². The van der Waals surface area contributed by atoms with Crippen LogP contribution in [-0.2, 0) is 11.3 Å². The number of nitrogens with one attached hydrogen (secondary N) is 2. The zero-order valence-electron chi connectivity index (χ0n) is 14.7. The molecule has 2 N–H and O–H groups in total. The number of hydrogen-bond acceptors (Lipinski definition) is 5. The SMILES string of the molecule is CN=C(NCCN1CCOCC1)NCc1cccnc1OCC(F)(F)F. The van der Waals surface area contributed by atoms with Crippen LogP contribution in [-0.4, -0.2) is 75.1 Å². The molecule has 1 aliphatic heterocycles. The smallest absolute Gasteiger partial charge is 0.422 e. The van der Waals surface area contributed by atoms with Gasteiger partial charge in [0.05, 0.1) is 13.2 Å². The molecule has 0 aromatic carbocycles. The molecule has 0 atom stereocenters. The monoisotopic (exact) mass is 375 g/mol. The van der Waals surface area contributed by atoms with Gasteiger partial charge < -0.3 is 20.1 Å². The van der Waals surface area contributed by atoms with E-state index in [-0.39, 0.29) is 12.4 Å². The van der Waals surface area contributed by atoms with Crippen LogP contribution in [0.4, 0.5) is 13.2 Å². The summed E-state index contributed by atoms with van der Waals surface area (Å²) >= 11 is 0. The van der Waals surface area contributed by atoms with Gasteiger partial charge in [-0.15, -0.1) is 0 Å². The number of morpholine rings is 1. The molecule has 2 heterocycles. The van der Waals surface area contributed by atoms with Crippen LogP contribution in [0.5, 0.6) is 5.88 Å². The molecular formula is C16H24F3N5O2. The lowest BCUT2D eigenvalue weighted by Gasteiger charge is -2.26. The van der Waals surface area contributed by atoms with Crippen LogP contribution in [0.3, 0.4) is 0 Å². The average Bonchev–Trinajstić information content (AvgIpc) is 2.63. The Morgan fingerprint density at radius 2 is 2.12 bits per heavy atom. The minimum absolute atomic E-state index is 0.0407. The topological polar surface area (TPSA) is 71.0 Å². The van der Waals surface area contributed by atoms with Crippen molar-refractivity contribution in [3.05, 3.63) is 23.9 Å². The van der Waals surface area contributed by atoms with E-state index in [0.717, 1.165) is 32.8 Å². The fraction of sp³-hybridized carbons (Fsp3) is 0.625. The maximum Gasteiger partial charge on any atom is 0.422 e. The number of rotatable bonds is 7. The normalized spacial score (nSPS) is 16.4. The van der Waals surface area contributed by atoms with Crippen molar-refractivity contribution < 1.29 is 22.6 Å². The van der Waals surface area contributed by atoms with Crippen molar-refractivity contribution in [1.82, 2.24) is 20.5 Å². The van der Waals surface area contributed by atoms with Crippen molar-refractivity contribution in [2.45, 2.75) is 12.7 Å². The van der Waals surface area contributed by atoms with Crippen LogP contribution in [0.15, 0.2) is 23.3 Å². The summed E-state index contributed by atoms with van der Waals surface area (Å²) < 4.78 is 47.1. The number of aromatic nitrogens is 1. The second-order valence-corrected chi connectivity index (χ2v) is 5.68. The molecule has 0 spiro atoms. The summed E-state index contributed by atoms with van der Waals surface area (Å²) in [5.41, 5.74) is 0.521. The number of pyridine rings is 1. The third-order valence-corrected chi connectivity index (χ3v) is 3.72. The Labute approximate surface area is 150 Å². The van der Waals surface area contributed by atoms with Gasteiger partial charge >= 0.3 is 6.18 Å². The number of ether oxygens (including phenoxy) is 2. The molecule has 1 aromatic rings. The van der Waals surface area contributed by atoms with Crippen molar-refractivity contribution in [2.24, 2.45) is 4.99 Å². The van der Waals surface area contributed by atoms with Gasteiger partial charge in [-0.2, -0.15) is 13.2 Å². The van der Waals surface area contributed by atoms with Crippen molar-refractivity contribution in [2.75, 3.05) is 53.0 Å². The molecule has 1 fully saturated rings. The van der Waals surface area contributed by atoms with Crippen molar-refractivity contribution in [3.8, 4) is 5.88 Å². The lowest BCUT2D eigenvalue weighted by Crippen LogP contribution is -2.44. The Morgan fingerprint density at radius 1 is 1.35 bits per heavy atom.